The minimum Gasteiger partial charge on any atom is -0.457 e. The van der Waals surface area contributed by atoms with Gasteiger partial charge in [0.2, 0.25) is 14.8 Å². The van der Waals surface area contributed by atoms with Gasteiger partial charge in [0.15, 0.2) is 0 Å². The normalized spacial score (nSPS) is 20.1. The predicted molar refractivity (Wildman–Crippen MR) is 171 cm³/mol. The van der Waals surface area contributed by atoms with Gasteiger partial charge in [-0.2, -0.15) is 0 Å². The first kappa shape index (κ1) is 32.8. The van der Waals surface area contributed by atoms with Gasteiger partial charge in [-0.05, 0) is 61.3 Å². The van der Waals surface area contributed by atoms with E-state index in [1.807, 2.05) is 67.6 Å². The van der Waals surface area contributed by atoms with Crippen LogP contribution < -0.4 is 10.4 Å². The van der Waals surface area contributed by atoms with E-state index in [4.69, 9.17) is 13.9 Å². The third kappa shape index (κ3) is 6.56. The molecule has 1 N–H and O–H groups in total. The second-order valence-corrected chi connectivity index (χ2v) is 19.4. The zero-order chi connectivity index (χ0) is 31.7. The molecule has 1 aliphatic rings. The molecule has 43 heavy (non-hydrogen) atoms. The molecule has 7 nitrogen and oxygen atoms in total. The van der Waals surface area contributed by atoms with Gasteiger partial charge in [0.05, 0.1) is 11.5 Å². The van der Waals surface area contributed by atoms with Crippen molar-refractivity contribution in [3.8, 4) is 0 Å². The van der Waals surface area contributed by atoms with E-state index in [0.29, 0.717) is 0 Å². The van der Waals surface area contributed by atoms with Crippen molar-refractivity contribution in [3.63, 3.8) is 0 Å². The number of aryl methyl sites for hydroxylation is 1. The van der Waals surface area contributed by atoms with Gasteiger partial charge in [0.1, 0.15) is 17.8 Å². The molecular weight excluding hydrogens is 581 g/mol. The first-order chi connectivity index (χ1) is 20.0. The minimum atomic E-state index is -4.25. The molecule has 0 aromatic heterocycles. The van der Waals surface area contributed by atoms with E-state index in [0.717, 1.165) is 22.0 Å². The molecule has 3 aromatic rings. The van der Waals surface area contributed by atoms with E-state index < -0.39 is 51.9 Å². The Morgan fingerprint density at radius 1 is 0.930 bits per heavy atom. The highest BCUT2D eigenvalue weighted by Gasteiger charge is 2.70. The second-order valence-electron chi connectivity index (χ2n) is 13.0. The Bertz CT molecular complexity index is 1500. The van der Waals surface area contributed by atoms with E-state index in [-0.39, 0.29) is 11.5 Å². The molecule has 1 heterocycles. The number of aliphatic hydroxyl groups is 1. The lowest BCUT2D eigenvalue weighted by Gasteiger charge is -2.43. The molecule has 1 fully saturated rings. The van der Waals surface area contributed by atoms with E-state index in [1.165, 1.54) is 18.2 Å². The van der Waals surface area contributed by atoms with Gasteiger partial charge in [-0.3, -0.25) is 0 Å². The molecule has 0 aliphatic carbocycles. The molecule has 0 saturated carbocycles. The maximum absolute atomic E-state index is 14.1. The fraction of sp³-hybridized carbons (Fsp3) is 0.382. The molecule has 3 aromatic carbocycles. The van der Waals surface area contributed by atoms with Crippen LogP contribution in [0.2, 0.25) is 5.04 Å². The molecule has 9 heteroatoms. The standard InChI is InChI=1S/C34H42O7SSi/c1-25-18-20-26(21-19-25)42(37,38)34(30(40-34)22-23-31(36)41-32(2,3)4)29(35)24-39-43(33(5,6)7,27-14-10-8-11-15-27)28-16-12-9-13-17-28/h8-23,29-30,35H,24H2,1-7H3/b23-22+/t29-,30+,34+/m1/s1. The molecule has 230 valence electrons. The molecule has 0 unspecified atom stereocenters. The highest BCUT2D eigenvalue weighted by molar-refractivity contribution is 7.93. The Hall–Kier alpha value is -3.08. The van der Waals surface area contributed by atoms with Gasteiger partial charge < -0.3 is 19.0 Å². The quantitative estimate of drug-likeness (QED) is 0.151. The van der Waals surface area contributed by atoms with Crippen LogP contribution >= 0.6 is 0 Å². The number of hydrogen-bond donors (Lipinski definition) is 1. The Labute approximate surface area is 256 Å². The summed E-state index contributed by atoms with van der Waals surface area (Å²) in [7, 11) is -7.34. The molecule has 0 amide bonds. The first-order valence-corrected chi connectivity index (χ1v) is 17.8. The van der Waals surface area contributed by atoms with Crippen LogP contribution in [-0.2, 0) is 28.5 Å². The van der Waals surface area contributed by atoms with Crippen LogP contribution in [0.4, 0.5) is 0 Å². The van der Waals surface area contributed by atoms with Crippen LogP contribution in [0.5, 0.6) is 0 Å². The van der Waals surface area contributed by atoms with Crippen molar-refractivity contribution in [2.45, 2.75) is 81.1 Å². The van der Waals surface area contributed by atoms with Gasteiger partial charge in [-0.1, -0.05) is 99.1 Å². The molecule has 4 rings (SSSR count). The van der Waals surface area contributed by atoms with Crippen molar-refractivity contribution in [2.24, 2.45) is 0 Å². The fourth-order valence-corrected chi connectivity index (χ4v) is 12.0. The zero-order valence-corrected chi connectivity index (χ0v) is 27.7. The lowest BCUT2D eigenvalue weighted by Crippen LogP contribution is -2.67. The van der Waals surface area contributed by atoms with Crippen LogP contribution in [-0.4, -0.2) is 57.2 Å². The average Bonchev–Trinajstić information content (AvgIpc) is 3.68. The Morgan fingerprint density at radius 2 is 1.44 bits per heavy atom. The van der Waals surface area contributed by atoms with Crippen molar-refractivity contribution in [1.29, 1.82) is 0 Å². The number of rotatable bonds is 10. The summed E-state index contributed by atoms with van der Waals surface area (Å²) >= 11 is 0. The van der Waals surface area contributed by atoms with E-state index >= 15 is 0 Å². The summed E-state index contributed by atoms with van der Waals surface area (Å²) in [5, 5.41) is 13.4. The second kappa shape index (κ2) is 12.1. The van der Waals surface area contributed by atoms with Gasteiger partial charge in [0, 0.05) is 6.08 Å². The number of epoxide rings is 1. The maximum atomic E-state index is 14.1. The third-order valence-electron chi connectivity index (χ3n) is 7.55. The average molecular weight is 623 g/mol. The molecule has 0 radical (unpaired) electrons. The number of ether oxygens (including phenoxy) is 2. The van der Waals surface area contributed by atoms with E-state index in [1.54, 1.807) is 32.9 Å². The predicted octanol–water partition coefficient (Wildman–Crippen LogP) is 4.70. The van der Waals surface area contributed by atoms with Crippen LogP contribution in [0.25, 0.3) is 0 Å². The summed E-state index contributed by atoms with van der Waals surface area (Å²) in [6.07, 6.45) is -0.179. The highest BCUT2D eigenvalue weighted by Crippen LogP contribution is 2.49. The molecular formula is C34H42O7SSi. The smallest absolute Gasteiger partial charge is 0.331 e. The van der Waals surface area contributed by atoms with E-state index in [2.05, 4.69) is 20.8 Å². The lowest BCUT2D eigenvalue weighted by molar-refractivity contribution is -0.148. The van der Waals surface area contributed by atoms with Crippen LogP contribution in [0.15, 0.2) is 102 Å². The van der Waals surface area contributed by atoms with E-state index in [9.17, 15) is 18.3 Å². The zero-order valence-electron chi connectivity index (χ0n) is 25.9. The SMILES string of the molecule is Cc1ccc(S(=O)(=O)[C@]2([C@H](O)CO[Si](c3ccccc3)(c3ccccc3)C(C)(C)C)O[C@H]2/C=C/C(=O)OC(C)(C)C)cc1. The summed E-state index contributed by atoms with van der Waals surface area (Å²) in [6, 6.07) is 26.2. The number of carbonyl (C=O) groups excluding carboxylic acids is 1. The van der Waals surface area contributed by atoms with Gasteiger partial charge >= 0.3 is 5.97 Å². The van der Waals surface area contributed by atoms with Crippen LogP contribution in [0, 0.1) is 6.92 Å². The molecule has 0 bridgehead atoms. The summed E-state index contributed by atoms with van der Waals surface area (Å²) in [6.45, 7) is 13.1. The monoisotopic (exact) mass is 622 g/mol. The fourth-order valence-electron chi connectivity index (χ4n) is 5.49. The summed E-state index contributed by atoms with van der Waals surface area (Å²) < 4.78 is 46.3. The molecule has 1 aliphatic heterocycles. The Balaban J connectivity index is 1.75. The largest absolute Gasteiger partial charge is 0.457 e. The van der Waals surface area contributed by atoms with Crippen molar-refractivity contribution in [1.82, 2.24) is 0 Å². The summed E-state index contributed by atoms with van der Waals surface area (Å²) in [4.78, 5) is 10.4. The molecule has 3 atom stereocenters. The first-order valence-electron chi connectivity index (χ1n) is 14.4. The van der Waals surface area contributed by atoms with Crippen LogP contribution in [0.3, 0.4) is 0 Å². The number of benzene rings is 3. The van der Waals surface area contributed by atoms with Crippen LogP contribution in [0.1, 0.15) is 47.1 Å². The van der Waals surface area contributed by atoms with Gasteiger partial charge in [-0.25, -0.2) is 13.2 Å². The van der Waals surface area contributed by atoms with Crippen molar-refractivity contribution in [3.05, 3.63) is 103 Å². The number of esters is 1. The van der Waals surface area contributed by atoms with Gasteiger partial charge in [0.25, 0.3) is 8.32 Å². The maximum Gasteiger partial charge on any atom is 0.331 e. The topological polar surface area (TPSA) is 102 Å². The number of aliphatic hydroxyl groups excluding tert-OH is 1. The number of carbonyl (C=O) groups is 1. The Morgan fingerprint density at radius 3 is 1.91 bits per heavy atom. The molecule has 1 saturated heterocycles. The van der Waals surface area contributed by atoms with Crippen molar-refractivity contribution >= 4 is 34.5 Å². The highest BCUT2D eigenvalue weighted by atomic mass is 32.2. The van der Waals surface area contributed by atoms with Gasteiger partial charge in [-0.15, -0.1) is 0 Å². The third-order valence-corrected chi connectivity index (χ3v) is 14.9. The Kier molecular flexibility index (Phi) is 9.26. The minimum absolute atomic E-state index is 0.00997. The summed E-state index contributed by atoms with van der Waals surface area (Å²) in [5.74, 6) is -0.636. The number of hydrogen-bond acceptors (Lipinski definition) is 7. The number of sulfone groups is 1. The van der Waals surface area contributed by atoms with Crippen molar-refractivity contribution in [2.75, 3.05) is 6.61 Å². The lowest BCUT2D eigenvalue weighted by atomic mass is 10.2. The summed E-state index contributed by atoms with van der Waals surface area (Å²) in [5.41, 5.74) is 0.168. The molecule has 0 spiro atoms. The van der Waals surface area contributed by atoms with Crippen molar-refractivity contribution < 1.29 is 32.2 Å².